The third-order valence-electron chi connectivity index (χ3n) is 2.91. The molecular weight excluding hydrogens is 429 g/mol. The van der Waals surface area contributed by atoms with E-state index in [-0.39, 0.29) is 11.1 Å². The van der Waals surface area contributed by atoms with E-state index in [2.05, 4.69) is 0 Å². The average Bonchev–Trinajstić information content (AvgIpc) is 2.53. The van der Waals surface area contributed by atoms with Crippen molar-refractivity contribution in [3.05, 3.63) is 52.3 Å². The van der Waals surface area contributed by atoms with E-state index in [4.69, 9.17) is 18.6 Å². The molecule has 0 saturated carbocycles. The van der Waals surface area contributed by atoms with Gasteiger partial charge in [-0.3, -0.25) is 0 Å². The van der Waals surface area contributed by atoms with Gasteiger partial charge in [-0.05, 0) is 39.6 Å². The first-order valence-corrected chi connectivity index (χ1v) is 11.5. The molecule has 1 N–H and O–H groups in total. The number of aromatic hydroxyl groups is 1. The molecule has 0 radical (unpaired) electrons. The zero-order valence-electron chi connectivity index (χ0n) is 12.2. The van der Waals surface area contributed by atoms with Crippen molar-refractivity contribution in [2.45, 2.75) is 13.8 Å². The number of rotatable bonds is 2. The van der Waals surface area contributed by atoms with Crippen LogP contribution in [0.5, 0.6) is 5.75 Å². The summed E-state index contributed by atoms with van der Waals surface area (Å²) in [7, 11) is 8.89. The molecule has 1 atom stereocenters. The van der Waals surface area contributed by atoms with Gasteiger partial charge in [0.05, 0.1) is 5.30 Å². The van der Waals surface area contributed by atoms with Gasteiger partial charge in [0.2, 0.25) is 5.82 Å². The Labute approximate surface area is 153 Å². The fourth-order valence-corrected chi connectivity index (χ4v) is 3.23. The van der Waals surface area contributed by atoms with Crippen LogP contribution in [0, 0.1) is 42.9 Å². The van der Waals surface area contributed by atoms with Crippen molar-refractivity contribution in [3.8, 4) is 5.75 Å². The van der Waals surface area contributed by atoms with Crippen molar-refractivity contribution in [2.24, 2.45) is 0 Å². The van der Waals surface area contributed by atoms with Crippen LogP contribution in [0.2, 0.25) is 0 Å². The van der Waals surface area contributed by atoms with Crippen molar-refractivity contribution < 1.29 is 44.1 Å². The van der Waals surface area contributed by atoms with Crippen LogP contribution < -0.4 is 10.6 Å². The Morgan fingerprint density at radius 2 is 1.29 bits per heavy atom. The number of phenolic OH excluding ortho intramolecular Hbond substituents is 1. The molecule has 2 rings (SSSR count). The molecule has 0 heterocycles. The topological polar surface area (TPSA) is 20.2 Å². The van der Waals surface area contributed by atoms with Gasteiger partial charge < -0.3 is 5.11 Å². The summed E-state index contributed by atoms with van der Waals surface area (Å²) in [5, 5.41) is 9.04. The number of phenols is 1. The molecule has 2 aromatic rings. The second-order valence-electron chi connectivity index (χ2n) is 4.62. The van der Waals surface area contributed by atoms with Gasteiger partial charge in [-0.1, -0.05) is 6.07 Å². The Kier molecular flexibility index (Phi) is 8.44. The zero-order valence-corrected chi connectivity index (χ0v) is 16.3. The van der Waals surface area contributed by atoms with Gasteiger partial charge in [-0.15, -0.1) is 0 Å². The Morgan fingerprint density at radius 3 is 1.75 bits per heavy atom. The van der Waals surface area contributed by atoms with Crippen LogP contribution in [0.3, 0.4) is 0 Å². The van der Waals surface area contributed by atoms with Gasteiger partial charge in [0.15, 0.2) is 23.3 Å². The van der Waals surface area contributed by atoms with Crippen LogP contribution in [0.4, 0.5) is 22.0 Å². The minimum absolute atomic E-state index is 0.121. The summed E-state index contributed by atoms with van der Waals surface area (Å²) in [5.74, 6) is -10.1. The van der Waals surface area contributed by atoms with Crippen molar-refractivity contribution in [3.63, 3.8) is 0 Å². The predicted molar refractivity (Wildman–Crippen MR) is 83.1 cm³/mol. The molecule has 0 aliphatic heterocycles. The SMILES string of the molecule is Cc1cc(C)c(O)c(Pc2c(F)c(F)c(F)c(F)c2F)c1.[Cl][Ti][Cl]. The van der Waals surface area contributed by atoms with E-state index in [0.717, 1.165) is 0 Å². The molecule has 24 heavy (non-hydrogen) atoms. The summed E-state index contributed by atoms with van der Waals surface area (Å²) >= 11 is -0.556. The third-order valence-corrected chi connectivity index (χ3v) is 4.25. The molecule has 0 fully saturated rings. The first-order valence-electron chi connectivity index (χ1n) is 6.20. The fourth-order valence-electron chi connectivity index (χ4n) is 1.90. The predicted octanol–water partition coefficient (Wildman–Crippen LogP) is 4.71. The van der Waals surface area contributed by atoms with E-state index in [9.17, 15) is 27.1 Å². The Hall–Kier alpha value is -0.386. The molecule has 1 nitrogen and oxygen atoms in total. The van der Waals surface area contributed by atoms with Gasteiger partial charge in [0.25, 0.3) is 0 Å². The molecule has 0 aliphatic rings. The molecule has 130 valence electrons. The molecule has 0 bridgehead atoms. The summed E-state index contributed by atoms with van der Waals surface area (Å²) in [4.78, 5) is 0. The van der Waals surface area contributed by atoms with Crippen molar-refractivity contribution >= 4 is 37.8 Å². The molecular formula is C14H10Cl2F5OPTi. The number of benzene rings is 2. The fraction of sp³-hybridized carbons (Fsp3) is 0.143. The minimum atomic E-state index is -2.19. The Balaban J connectivity index is 0.000000891. The molecule has 10 heteroatoms. The summed E-state index contributed by atoms with van der Waals surface area (Å²) < 4.78 is 66.5. The Morgan fingerprint density at radius 1 is 0.875 bits per heavy atom. The third kappa shape index (κ3) is 4.83. The van der Waals surface area contributed by atoms with Crippen molar-refractivity contribution in [1.82, 2.24) is 0 Å². The van der Waals surface area contributed by atoms with Crippen molar-refractivity contribution in [1.29, 1.82) is 0 Å². The van der Waals surface area contributed by atoms with E-state index >= 15 is 0 Å². The van der Waals surface area contributed by atoms with Crippen LogP contribution in [0.1, 0.15) is 11.1 Å². The molecule has 0 saturated heterocycles. The van der Waals surface area contributed by atoms with E-state index in [1.165, 1.54) is 6.07 Å². The van der Waals surface area contributed by atoms with Crippen LogP contribution in [0.15, 0.2) is 12.1 Å². The summed E-state index contributed by atoms with van der Waals surface area (Å²) in [5.41, 5.74) is 1.16. The van der Waals surface area contributed by atoms with Crippen LogP contribution in [0.25, 0.3) is 0 Å². The second-order valence-corrected chi connectivity index (χ2v) is 8.49. The summed E-state index contributed by atoms with van der Waals surface area (Å²) in [6, 6.07) is 3.08. The van der Waals surface area contributed by atoms with Crippen LogP contribution in [-0.4, -0.2) is 5.11 Å². The Bertz CT molecular complexity index is 732. The first-order chi connectivity index (χ1) is 11.1. The number of halogens is 7. The molecule has 2 aromatic carbocycles. The molecule has 0 aromatic heterocycles. The molecule has 1 unspecified atom stereocenters. The maximum atomic E-state index is 13.6. The van der Waals surface area contributed by atoms with Gasteiger partial charge in [0.1, 0.15) is 5.75 Å². The maximum absolute atomic E-state index is 13.6. The van der Waals surface area contributed by atoms with E-state index < -0.39 is 60.0 Å². The van der Waals surface area contributed by atoms with Crippen LogP contribution in [-0.2, 0) is 17.0 Å². The van der Waals surface area contributed by atoms with Gasteiger partial charge in [0, 0.05) is 5.30 Å². The first kappa shape index (κ1) is 21.7. The summed E-state index contributed by atoms with van der Waals surface area (Å²) in [6.45, 7) is 3.27. The molecule has 0 spiro atoms. The number of hydrogen-bond acceptors (Lipinski definition) is 1. The monoisotopic (exact) mass is 438 g/mol. The van der Waals surface area contributed by atoms with E-state index in [1.807, 2.05) is 0 Å². The zero-order chi connectivity index (χ0) is 18.6. The van der Waals surface area contributed by atoms with Crippen LogP contribution >= 0.6 is 27.2 Å². The quantitative estimate of drug-likeness (QED) is 0.237. The number of hydrogen-bond donors (Lipinski definition) is 1. The second kappa shape index (κ2) is 9.35. The average molecular weight is 439 g/mol. The molecule has 0 aliphatic carbocycles. The van der Waals surface area contributed by atoms with Gasteiger partial charge in [-0.25, -0.2) is 22.0 Å². The van der Waals surface area contributed by atoms with Crippen molar-refractivity contribution in [2.75, 3.05) is 0 Å². The van der Waals surface area contributed by atoms with Gasteiger partial charge >= 0.3 is 35.6 Å². The number of aryl methyl sites for hydroxylation is 2. The standard InChI is InChI=1S/C14H10F5OP.2ClH.Ti/c1-5-3-6(2)13(20)7(4-5)21-14-11(18)9(16)8(15)10(17)12(14)19;;;/h3-4,20-21H,1-2H3;2*1H;/q;;;+2/p-2. The normalized spacial score (nSPS) is 10.7. The summed E-state index contributed by atoms with van der Waals surface area (Å²) in [6.07, 6.45) is 0. The molecule has 0 amide bonds. The van der Waals surface area contributed by atoms with Gasteiger partial charge in [-0.2, -0.15) is 0 Å². The van der Waals surface area contributed by atoms with E-state index in [0.29, 0.717) is 11.1 Å². The van der Waals surface area contributed by atoms with E-state index in [1.54, 1.807) is 19.9 Å².